The standard InChI is InChI=1S/C24H27NO5/c1-17-23(24(25-30-17)18-8-4-3-5-9-18)19-11-12-20(21(16-19)26-2)27-14-15-29-22-10-6-7-13-28-22/h3-5,8-9,11-12,16,22H,6-7,10,13-15H2,1-2H3. The van der Waals surface area contributed by atoms with Crippen LogP contribution in [0.4, 0.5) is 0 Å². The second kappa shape index (κ2) is 9.78. The van der Waals surface area contributed by atoms with Gasteiger partial charge in [-0.25, -0.2) is 0 Å². The molecule has 0 radical (unpaired) electrons. The maximum absolute atomic E-state index is 5.89. The van der Waals surface area contributed by atoms with E-state index in [1.165, 1.54) is 0 Å². The summed E-state index contributed by atoms with van der Waals surface area (Å²) in [6.07, 6.45) is 3.09. The van der Waals surface area contributed by atoms with Crippen molar-refractivity contribution in [1.29, 1.82) is 0 Å². The predicted octanol–water partition coefficient (Wildman–Crippen LogP) is 5.25. The summed E-state index contributed by atoms with van der Waals surface area (Å²) >= 11 is 0. The zero-order chi connectivity index (χ0) is 20.8. The van der Waals surface area contributed by atoms with Gasteiger partial charge in [-0.1, -0.05) is 41.6 Å². The van der Waals surface area contributed by atoms with Gasteiger partial charge in [0.25, 0.3) is 0 Å². The van der Waals surface area contributed by atoms with E-state index in [-0.39, 0.29) is 6.29 Å². The fraction of sp³-hybridized carbons (Fsp3) is 0.375. The van der Waals surface area contributed by atoms with Gasteiger partial charge in [0.1, 0.15) is 18.1 Å². The third-order valence-corrected chi connectivity index (χ3v) is 5.14. The highest BCUT2D eigenvalue weighted by Gasteiger charge is 2.19. The SMILES string of the molecule is COc1cc(-c2c(-c3ccccc3)noc2C)ccc1OCCOC1CCCCO1. The van der Waals surface area contributed by atoms with Crippen LogP contribution >= 0.6 is 0 Å². The van der Waals surface area contributed by atoms with Crippen LogP contribution in [0.25, 0.3) is 22.4 Å². The summed E-state index contributed by atoms with van der Waals surface area (Å²) in [5, 5.41) is 4.27. The van der Waals surface area contributed by atoms with Gasteiger partial charge in [0, 0.05) is 12.2 Å². The Hall–Kier alpha value is -2.83. The van der Waals surface area contributed by atoms with Gasteiger partial charge in [0.15, 0.2) is 17.8 Å². The van der Waals surface area contributed by atoms with E-state index in [1.54, 1.807) is 7.11 Å². The van der Waals surface area contributed by atoms with Gasteiger partial charge in [0.05, 0.1) is 19.3 Å². The molecule has 6 heteroatoms. The van der Waals surface area contributed by atoms with Crippen molar-refractivity contribution in [2.45, 2.75) is 32.5 Å². The highest BCUT2D eigenvalue weighted by atomic mass is 16.7. The average Bonchev–Trinajstić information content (AvgIpc) is 3.19. The molecule has 1 aromatic heterocycles. The van der Waals surface area contributed by atoms with Crippen molar-refractivity contribution in [1.82, 2.24) is 5.16 Å². The van der Waals surface area contributed by atoms with E-state index in [0.29, 0.717) is 24.7 Å². The first-order valence-electron chi connectivity index (χ1n) is 10.3. The smallest absolute Gasteiger partial charge is 0.161 e. The van der Waals surface area contributed by atoms with Crippen LogP contribution in [0.5, 0.6) is 11.5 Å². The van der Waals surface area contributed by atoms with E-state index in [9.17, 15) is 0 Å². The van der Waals surface area contributed by atoms with E-state index in [0.717, 1.165) is 54.0 Å². The summed E-state index contributed by atoms with van der Waals surface area (Å²) in [5.74, 6) is 2.08. The van der Waals surface area contributed by atoms with Crippen LogP contribution in [0.15, 0.2) is 53.1 Å². The third-order valence-electron chi connectivity index (χ3n) is 5.14. The molecule has 6 nitrogen and oxygen atoms in total. The molecule has 1 aliphatic heterocycles. The highest BCUT2D eigenvalue weighted by molar-refractivity contribution is 5.82. The van der Waals surface area contributed by atoms with Crippen molar-refractivity contribution in [3.05, 3.63) is 54.3 Å². The van der Waals surface area contributed by atoms with E-state index in [1.807, 2.05) is 55.5 Å². The van der Waals surface area contributed by atoms with Crippen molar-refractivity contribution < 1.29 is 23.5 Å². The number of benzene rings is 2. The molecule has 4 rings (SSSR count). The number of aromatic nitrogens is 1. The topological polar surface area (TPSA) is 63.0 Å². The molecule has 3 aromatic rings. The largest absolute Gasteiger partial charge is 0.493 e. The Morgan fingerprint density at radius 1 is 1.00 bits per heavy atom. The van der Waals surface area contributed by atoms with Gasteiger partial charge in [-0.15, -0.1) is 0 Å². The second-order valence-corrected chi connectivity index (χ2v) is 7.21. The Kier molecular flexibility index (Phi) is 6.67. The summed E-state index contributed by atoms with van der Waals surface area (Å²) < 4.78 is 28.3. The Bertz CT molecular complexity index is 947. The van der Waals surface area contributed by atoms with Crippen molar-refractivity contribution in [2.75, 3.05) is 26.9 Å². The Labute approximate surface area is 176 Å². The summed E-state index contributed by atoms with van der Waals surface area (Å²) in [5.41, 5.74) is 3.72. The number of nitrogens with zero attached hydrogens (tertiary/aromatic N) is 1. The molecule has 1 aliphatic rings. The van der Waals surface area contributed by atoms with Gasteiger partial charge in [-0.05, 0) is 43.9 Å². The van der Waals surface area contributed by atoms with Crippen molar-refractivity contribution >= 4 is 0 Å². The van der Waals surface area contributed by atoms with Gasteiger partial charge in [-0.2, -0.15) is 0 Å². The van der Waals surface area contributed by atoms with Crippen LogP contribution in [-0.2, 0) is 9.47 Å². The van der Waals surface area contributed by atoms with Gasteiger partial charge in [-0.3, -0.25) is 0 Å². The first-order valence-corrected chi connectivity index (χ1v) is 10.3. The van der Waals surface area contributed by atoms with Crippen LogP contribution in [0.3, 0.4) is 0 Å². The first-order chi connectivity index (χ1) is 14.8. The predicted molar refractivity (Wildman–Crippen MR) is 114 cm³/mol. The number of aryl methyl sites for hydroxylation is 1. The first kappa shape index (κ1) is 20.4. The third kappa shape index (κ3) is 4.66. The second-order valence-electron chi connectivity index (χ2n) is 7.21. The summed E-state index contributed by atoms with van der Waals surface area (Å²) in [6.45, 7) is 3.58. The fourth-order valence-electron chi connectivity index (χ4n) is 3.62. The van der Waals surface area contributed by atoms with Gasteiger partial charge < -0.3 is 23.5 Å². The minimum absolute atomic E-state index is 0.111. The molecule has 30 heavy (non-hydrogen) atoms. The van der Waals surface area contributed by atoms with Crippen LogP contribution < -0.4 is 9.47 Å². The summed E-state index contributed by atoms with van der Waals surface area (Å²) in [7, 11) is 1.64. The normalized spacial score (nSPS) is 16.4. The maximum Gasteiger partial charge on any atom is 0.161 e. The lowest BCUT2D eigenvalue weighted by Gasteiger charge is -2.22. The van der Waals surface area contributed by atoms with E-state index in [4.69, 9.17) is 23.5 Å². The van der Waals surface area contributed by atoms with E-state index >= 15 is 0 Å². The molecule has 2 aromatic carbocycles. The lowest BCUT2D eigenvalue weighted by molar-refractivity contribution is -0.165. The number of rotatable bonds is 8. The van der Waals surface area contributed by atoms with Crippen molar-refractivity contribution in [3.63, 3.8) is 0 Å². The van der Waals surface area contributed by atoms with Gasteiger partial charge >= 0.3 is 0 Å². The molecule has 1 saturated heterocycles. The minimum atomic E-state index is -0.111. The molecular weight excluding hydrogens is 382 g/mol. The van der Waals surface area contributed by atoms with Gasteiger partial charge in [0.2, 0.25) is 0 Å². The summed E-state index contributed by atoms with van der Waals surface area (Å²) in [4.78, 5) is 0. The molecule has 2 heterocycles. The average molecular weight is 409 g/mol. The van der Waals surface area contributed by atoms with Crippen LogP contribution in [0, 0.1) is 6.92 Å². The molecule has 0 N–H and O–H groups in total. The molecule has 0 bridgehead atoms. The molecule has 1 unspecified atom stereocenters. The van der Waals surface area contributed by atoms with Crippen LogP contribution in [0.1, 0.15) is 25.0 Å². The van der Waals surface area contributed by atoms with Crippen molar-refractivity contribution in [3.8, 4) is 33.9 Å². The number of hydrogen-bond acceptors (Lipinski definition) is 6. The lowest BCUT2D eigenvalue weighted by atomic mass is 9.99. The summed E-state index contributed by atoms with van der Waals surface area (Å²) in [6, 6.07) is 15.8. The Morgan fingerprint density at radius 2 is 1.87 bits per heavy atom. The highest BCUT2D eigenvalue weighted by Crippen LogP contribution is 2.38. The molecule has 0 spiro atoms. The Morgan fingerprint density at radius 3 is 2.63 bits per heavy atom. The van der Waals surface area contributed by atoms with Crippen LogP contribution in [-0.4, -0.2) is 38.4 Å². The fourth-order valence-corrected chi connectivity index (χ4v) is 3.62. The molecule has 0 aliphatic carbocycles. The number of methoxy groups -OCH3 is 1. The van der Waals surface area contributed by atoms with E-state index in [2.05, 4.69) is 5.16 Å². The molecular formula is C24H27NO5. The molecule has 0 saturated carbocycles. The molecule has 0 amide bonds. The monoisotopic (exact) mass is 409 g/mol. The van der Waals surface area contributed by atoms with Crippen molar-refractivity contribution in [2.24, 2.45) is 0 Å². The molecule has 158 valence electrons. The quantitative estimate of drug-likeness (QED) is 0.474. The van der Waals surface area contributed by atoms with Crippen LogP contribution in [0.2, 0.25) is 0 Å². The zero-order valence-electron chi connectivity index (χ0n) is 17.4. The lowest BCUT2D eigenvalue weighted by Crippen LogP contribution is -2.24. The zero-order valence-corrected chi connectivity index (χ0v) is 17.4. The number of ether oxygens (including phenoxy) is 4. The maximum atomic E-state index is 5.89. The molecule has 1 atom stereocenters. The van der Waals surface area contributed by atoms with E-state index < -0.39 is 0 Å². The number of hydrogen-bond donors (Lipinski definition) is 0. The Balaban J connectivity index is 1.47. The molecule has 1 fully saturated rings. The minimum Gasteiger partial charge on any atom is -0.493 e.